The third kappa shape index (κ3) is 1.58. The number of hydrogen-bond acceptors (Lipinski definition) is 1. The van der Waals surface area contributed by atoms with Crippen LogP contribution in [0.4, 0.5) is 0 Å². The number of hydrogen-bond donors (Lipinski definition) is 1. The van der Waals surface area contributed by atoms with Gasteiger partial charge in [-0.15, -0.1) is 0 Å². The van der Waals surface area contributed by atoms with Gasteiger partial charge in [-0.25, -0.2) is 4.68 Å². The Kier molecular flexibility index (Phi) is 2.06. The van der Waals surface area contributed by atoms with Crippen molar-refractivity contribution in [2.75, 3.05) is 0 Å². The lowest BCUT2D eigenvalue weighted by atomic mass is 10.3. The lowest BCUT2D eigenvalue weighted by Crippen LogP contribution is -2.13. The summed E-state index contributed by atoms with van der Waals surface area (Å²) in [5.74, 6) is 0. The molecule has 66 valence electrons. The maximum atomic E-state index is 11.2. The Morgan fingerprint density at radius 1 is 1.31 bits per heavy atom. The minimum absolute atomic E-state index is 0.0573. The van der Waals surface area contributed by atoms with Crippen LogP contribution in [0.1, 0.15) is 0 Å². The number of halogens is 1. The molecule has 0 amide bonds. The minimum atomic E-state index is -0.0573. The average molecular weight is 239 g/mol. The highest BCUT2D eigenvalue weighted by atomic mass is 79.9. The van der Waals surface area contributed by atoms with Crippen LogP contribution < -0.4 is 5.56 Å². The van der Waals surface area contributed by atoms with Gasteiger partial charge in [0.1, 0.15) is 0 Å². The second-order valence-electron chi connectivity index (χ2n) is 2.62. The van der Waals surface area contributed by atoms with Crippen LogP contribution in [0.15, 0.2) is 45.8 Å². The van der Waals surface area contributed by atoms with Crippen LogP contribution in [0.2, 0.25) is 0 Å². The molecule has 0 aliphatic heterocycles. The zero-order valence-corrected chi connectivity index (χ0v) is 8.28. The van der Waals surface area contributed by atoms with Crippen molar-refractivity contribution in [2.24, 2.45) is 0 Å². The second kappa shape index (κ2) is 3.22. The van der Waals surface area contributed by atoms with Crippen molar-refractivity contribution < 1.29 is 0 Å². The van der Waals surface area contributed by atoms with E-state index >= 15 is 0 Å². The SMILES string of the molecule is O=c1cc[nH]n1-c1cccc(Br)c1. The molecule has 0 saturated heterocycles. The molecule has 0 atom stereocenters. The zero-order valence-electron chi connectivity index (χ0n) is 6.70. The maximum absolute atomic E-state index is 11.2. The maximum Gasteiger partial charge on any atom is 0.271 e. The highest BCUT2D eigenvalue weighted by Gasteiger charge is 1.98. The Hall–Kier alpha value is -1.29. The van der Waals surface area contributed by atoms with Crippen molar-refractivity contribution >= 4 is 15.9 Å². The van der Waals surface area contributed by atoms with Crippen molar-refractivity contribution in [3.63, 3.8) is 0 Å². The van der Waals surface area contributed by atoms with E-state index in [9.17, 15) is 4.79 Å². The molecule has 0 radical (unpaired) electrons. The van der Waals surface area contributed by atoms with Crippen LogP contribution >= 0.6 is 15.9 Å². The molecule has 0 spiro atoms. The average Bonchev–Trinajstić information content (AvgIpc) is 2.51. The van der Waals surface area contributed by atoms with E-state index < -0.39 is 0 Å². The van der Waals surface area contributed by atoms with E-state index in [0.717, 1.165) is 10.2 Å². The number of rotatable bonds is 1. The second-order valence-corrected chi connectivity index (χ2v) is 3.53. The minimum Gasteiger partial charge on any atom is -0.298 e. The molecule has 0 aliphatic rings. The summed E-state index contributed by atoms with van der Waals surface area (Å²) in [6, 6.07) is 9.02. The number of nitrogens with one attached hydrogen (secondary N) is 1. The van der Waals surface area contributed by atoms with E-state index in [4.69, 9.17) is 0 Å². The molecule has 4 heteroatoms. The monoisotopic (exact) mass is 238 g/mol. The van der Waals surface area contributed by atoms with Gasteiger partial charge >= 0.3 is 0 Å². The summed E-state index contributed by atoms with van der Waals surface area (Å²) >= 11 is 3.34. The molecule has 2 rings (SSSR count). The van der Waals surface area contributed by atoms with E-state index in [2.05, 4.69) is 21.0 Å². The standard InChI is InChI=1S/C9H7BrN2O/c10-7-2-1-3-8(6-7)12-9(13)4-5-11-12/h1-6,11H. The predicted molar refractivity (Wildman–Crippen MR) is 54.1 cm³/mol. The molecule has 1 heterocycles. The Bertz CT molecular complexity index is 472. The van der Waals surface area contributed by atoms with Crippen molar-refractivity contribution in [1.82, 2.24) is 9.78 Å². The highest BCUT2D eigenvalue weighted by Crippen LogP contribution is 2.12. The molecule has 1 aromatic heterocycles. The van der Waals surface area contributed by atoms with Crippen LogP contribution in [0.25, 0.3) is 5.69 Å². The van der Waals surface area contributed by atoms with Gasteiger partial charge in [-0.1, -0.05) is 22.0 Å². The van der Waals surface area contributed by atoms with Crippen LogP contribution in [0, 0.1) is 0 Å². The summed E-state index contributed by atoms with van der Waals surface area (Å²) in [6.07, 6.45) is 1.61. The Labute approximate surface area is 83.1 Å². The van der Waals surface area contributed by atoms with E-state index in [0.29, 0.717) is 0 Å². The van der Waals surface area contributed by atoms with Crippen LogP contribution in [-0.2, 0) is 0 Å². The van der Waals surface area contributed by atoms with Crippen LogP contribution in [0.5, 0.6) is 0 Å². The molecule has 0 unspecified atom stereocenters. The Balaban J connectivity index is 2.59. The van der Waals surface area contributed by atoms with Gasteiger partial charge in [0.15, 0.2) is 0 Å². The topological polar surface area (TPSA) is 37.8 Å². The lowest BCUT2D eigenvalue weighted by Gasteiger charge is -2.00. The number of aromatic amines is 1. The molecule has 0 saturated carbocycles. The summed E-state index contributed by atoms with van der Waals surface area (Å²) in [5.41, 5.74) is 0.766. The first-order chi connectivity index (χ1) is 6.27. The van der Waals surface area contributed by atoms with Gasteiger partial charge in [-0.05, 0) is 18.2 Å². The number of benzene rings is 1. The van der Waals surface area contributed by atoms with E-state index in [1.54, 1.807) is 6.20 Å². The van der Waals surface area contributed by atoms with Gasteiger partial charge in [-0.2, -0.15) is 0 Å². The fourth-order valence-corrected chi connectivity index (χ4v) is 1.53. The molecule has 0 bridgehead atoms. The van der Waals surface area contributed by atoms with Crippen molar-refractivity contribution in [1.29, 1.82) is 0 Å². The molecule has 1 N–H and O–H groups in total. The Morgan fingerprint density at radius 3 is 2.77 bits per heavy atom. The molecule has 2 aromatic rings. The summed E-state index contributed by atoms with van der Waals surface area (Å²) < 4.78 is 2.43. The van der Waals surface area contributed by atoms with Crippen LogP contribution in [-0.4, -0.2) is 9.78 Å². The summed E-state index contributed by atoms with van der Waals surface area (Å²) in [6.45, 7) is 0. The van der Waals surface area contributed by atoms with Gasteiger partial charge in [0.05, 0.1) is 5.69 Å². The first kappa shape index (κ1) is 8.31. The summed E-state index contributed by atoms with van der Waals surface area (Å²) in [5, 5.41) is 2.83. The quantitative estimate of drug-likeness (QED) is 0.811. The van der Waals surface area contributed by atoms with Gasteiger partial charge < -0.3 is 0 Å². The van der Waals surface area contributed by atoms with Crippen molar-refractivity contribution in [3.05, 3.63) is 51.4 Å². The fraction of sp³-hybridized carbons (Fsp3) is 0. The van der Waals surface area contributed by atoms with Gasteiger partial charge in [0, 0.05) is 16.7 Å². The van der Waals surface area contributed by atoms with Crippen LogP contribution in [0.3, 0.4) is 0 Å². The van der Waals surface area contributed by atoms with E-state index in [-0.39, 0.29) is 5.56 Å². The highest BCUT2D eigenvalue weighted by molar-refractivity contribution is 9.10. The molecule has 0 fully saturated rings. The summed E-state index contributed by atoms with van der Waals surface area (Å²) in [4.78, 5) is 11.2. The molecule has 0 aliphatic carbocycles. The largest absolute Gasteiger partial charge is 0.298 e. The van der Waals surface area contributed by atoms with E-state index in [1.807, 2.05) is 24.3 Å². The molecule has 3 nitrogen and oxygen atoms in total. The first-order valence-corrected chi connectivity index (χ1v) is 4.59. The molecular weight excluding hydrogens is 232 g/mol. The lowest BCUT2D eigenvalue weighted by molar-refractivity contribution is 0.849. The van der Waals surface area contributed by atoms with Crippen molar-refractivity contribution in [2.45, 2.75) is 0 Å². The molecule has 1 aromatic carbocycles. The predicted octanol–water partition coefficient (Wildman–Crippen LogP) is 1.93. The van der Waals surface area contributed by atoms with Gasteiger partial charge in [0.25, 0.3) is 5.56 Å². The Morgan fingerprint density at radius 2 is 2.15 bits per heavy atom. The normalized spacial score (nSPS) is 10.2. The van der Waals surface area contributed by atoms with Gasteiger partial charge in [-0.3, -0.25) is 9.89 Å². The smallest absolute Gasteiger partial charge is 0.271 e. The number of nitrogens with zero attached hydrogens (tertiary/aromatic N) is 1. The van der Waals surface area contributed by atoms with E-state index in [1.165, 1.54) is 10.7 Å². The third-order valence-corrected chi connectivity index (χ3v) is 2.21. The first-order valence-electron chi connectivity index (χ1n) is 3.80. The number of H-pyrrole nitrogens is 1. The number of aromatic nitrogens is 2. The molecular formula is C9H7BrN2O. The zero-order chi connectivity index (χ0) is 9.26. The van der Waals surface area contributed by atoms with Gasteiger partial charge in [0.2, 0.25) is 0 Å². The summed E-state index contributed by atoms with van der Waals surface area (Å²) in [7, 11) is 0. The van der Waals surface area contributed by atoms with Crippen molar-refractivity contribution in [3.8, 4) is 5.69 Å². The molecule has 13 heavy (non-hydrogen) atoms. The fourth-order valence-electron chi connectivity index (χ4n) is 1.14. The third-order valence-electron chi connectivity index (χ3n) is 1.72.